The van der Waals surface area contributed by atoms with Gasteiger partial charge in [-0.05, 0) is 31.4 Å². The molecule has 27 heavy (non-hydrogen) atoms. The Morgan fingerprint density at radius 1 is 1.11 bits per heavy atom. The van der Waals surface area contributed by atoms with Crippen molar-refractivity contribution in [3.8, 4) is 0 Å². The summed E-state index contributed by atoms with van der Waals surface area (Å²) in [6.45, 7) is 3.15. The number of rotatable bonds is 5. The van der Waals surface area contributed by atoms with Gasteiger partial charge in [-0.2, -0.15) is 4.57 Å². The van der Waals surface area contributed by atoms with Gasteiger partial charge in [0.25, 0.3) is 0 Å². The third-order valence-corrected chi connectivity index (χ3v) is 4.97. The molecule has 3 aromatic rings. The Hall–Kier alpha value is -2.13. The Bertz CT molecular complexity index is 993. The van der Waals surface area contributed by atoms with Crippen molar-refractivity contribution in [2.24, 2.45) is 0 Å². The van der Waals surface area contributed by atoms with E-state index in [0.29, 0.717) is 0 Å². The van der Waals surface area contributed by atoms with Crippen LogP contribution in [-0.2, 0) is 21.1 Å². The number of para-hydroxylation sites is 2. The third kappa shape index (κ3) is 5.93. The molecule has 0 saturated carbocycles. The zero-order chi connectivity index (χ0) is 19.9. The molecule has 0 saturated heterocycles. The molecule has 0 unspecified atom stereocenters. The number of anilines is 2. The van der Waals surface area contributed by atoms with E-state index >= 15 is 0 Å². The van der Waals surface area contributed by atoms with Crippen LogP contribution in [-0.4, -0.2) is 26.3 Å². The molecule has 8 heteroatoms. The van der Waals surface area contributed by atoms with Gasteiger partial charge in [-0.25, -0.2) is 8.42 Å². The maximum atomic E-state index is 9.22. The Morgan fingerprint density at radius 3 is 2.26 bits per heavy atom. The molecule has 0 aliphatic rings. The van der Waals surface area contributed by atoms with E-state index in [9.17, 15) is 13.0 Å². The highest BCUT2D eigenvalue weighted by Gasteiger charge is 2.16. The van der Waals surface area contributed by atoms with E-state index in [2.05, 4.69) is 82.0 Å². The molecule has 3 rings (SSSR count). The monoisotopic (exact) mass is 406 g/mol. The van der Waals surface area contributed by atoms with Crippen LogP contribution >= 0.6 is 11.8 Å². The highest BCUT2D eigenvalue weighted by atomic mass is 32.3. The van der Waals surface area contributed by atoms with Crippen LogP contribution in [0.5, 0.6) is 0 Å². The summed E-state index contributed by atoms with van der Waals surface area (Å²) in [6, 6.07) is 18.9. The molecule has 2 aromatic carbocycles. The summed E-state index contributed by atoms with van der Waals surface area (Å²) in [6.07, 6.45) is 4.36. The van der Waals surface area contributed by atoms with Crippen molar-refractivity contribution < 1.29 is 21.7 Å². The number of fused-ring (bicyclic) bond motifs is 1. The van der Waals surface area contributed by atoms with Crippen molar-refractivity contribution in [3.05, 3.63) is 60.8 Å². The summed E-state index contributed by atoms with van der Waals surface area (Å²) >= 11 is 1.78. The maximum absolute atomic E-state index is 9.22. The van der Waals surface area contributed by atoms with Gasteiger partial charge < -0.3 is 9.87 Å². The van der Waals surface area contributed by atoms with Crippen LogP contribution in [0.3, 0.4) is 0 Å². The number of nitrogens with one attached hydrogen (secondary N) is 1. The Labute approximate surface area is 164 Å². The molecule has 1 aromatic heterocycles. The van der Waals surface area contributed by atoms with Crippen molar-refractivity contribution in [3.63, 3.8) is 0 Å². The zero-order valence-corrected chi connectivity index (χ0v) is 17.0. The number of hydrogen-bond donors (Lipinski definition) is 1. The summed E-state index contributed by atoms with van der Waals surface area (Å²) in [5.41, 5.74) is 3.57. The maximum Gasteiger partial charge on any atom is 0.217 e. The largest absolute Gasteiger partial charge is 0.726 e. The van der Waals surface area contributed by atoms with Crippen molar-refractivity contribution in [2.75, 3.05) is 18.7 Å². The van der Waals surface area contributed by atoms with Gasteiger partial charge in [0.1, 0.15) is 6.54 Å². The molecule has 0 radical (unpaired) electrons. The van der Waals surface area contributed by atoms with E-state index in [1.807, 2.05) is 6.07 Å². The quantitative estimate of drug-likeness (QED) is 0.301. The molecule has 6 nitrogen and oxygen atoms in total. The SMILES string of the molecule is CC[n+]1cc(SC)c(Nc2ccccc2)c2ccccc21.COS(=O)(=O)[O-]. The van der Waals surface area contributed by atoms with Crippen molar-refractivity contribution >= 4 is 44.4 Å². The standard InChI is InChI=1S/C18H18N2S.CH4O4S/c1-3-20-13-17(21-2)18(15-11-7-8-12-16(15)20)19-14-9-5-4-6-10-14;1-5-6(2,3)4/h4-13H,3H2,1-2H3;1H3,(H,2,3,4). The molecule has 0 bridgehead atoms. The second-order valence-electron chi connectivity index (χ2n) is 5.44. The highest BCUT2D eigenvalue weighted by Crippen LogP contribution is 2.33. The predicted molar refractivity (Wildman–Crippen MR) is 108 cm³/mol. The zero-order valence-electron chi connectivity index (χ0n) is 15.4. The van der Waals surface area contributed by atoms with Crippen molar-refractivity contribution in [1.29, 1.82) is 0 Å². The number of benzene rings is 2. The van der Waals surface area contributed by atoms with E-state index in [-0.39, 0.29) is 0 Å². The first-order valence-corrected chi connectivity index (χ1v) is 10.8. The Morgan fingerprint density at radius 2 is 1.70 bits per heavy atom. The van der Waals surface area contributed by atoms with Gasteiger partial charge in [0, 0.05) is 11.8 Å². The molecule has 0 fully saturated rings. The molecule has 0 spiro atoms. The van der Waals surface area contributed by atoms with Crippen LogP contribution in [0, 0.1) is 0 Å². The minimum atomic E-state index is -4.41. The van der Waals surface area contributed by atoms with Crippen LogP contribution < -0.4 is 9.88 Å². The van der Waals surface area contributed by atoms with Crippen LogP contribution in [0.25, 0.3) is 10.9 Å². The lowest BCUT2D eigenvalue weighted by Crippen LogP contribution is -2.33. The minimum Gasteiger partial charge on any atom is -0.726 e. The number of hydrogen-bond acceptors (Lipinski definition) is 6. The van der Waals surface area contributed by atoms with Gasteiger partial charge in [-0.1, -0.05) is 30.3 Å². The molecule has 0 aliphatic heterocycles. The van der Waals surface area contributed by atoms with Crippen LogP contribution in [0.2, 0.25) is 0 Å². The average molecular weight is 407 g/mol. The summed E-state index contributed by atoms with van der Waals surface area (Å²) in [4.78, 5) is 1.26. The highest BCUT2D eigenvalue weighted by molar-refractivity contribution is 7.98. The number of aryl methyl sites for hydroxylation is 1. The predicted octanol–water partition coefficient (Wildman–Crippen LogP) is 3.71. The van der Waals surface area contributed by atoms with Gasteiger partial charge in [0.05, 0.1) is 23.1 Å². The first-order chi connectivity index (χ1) is 12.9. The summed E-state index contributed by atoms with van der Waals surface area (Å²) < 4.78 is 33.3. The van der Waals surface area contributed by atoms with Crippen LogP contribution in [0.1, 0.15) is 6.92 Å². The van der Waals surface area contributed by atoms with Crippen molar-refractivity contribution in [2.45, 2.75) is 18.4 Å². The molecule has 0 amide bonds. The fourth-order valence-electron chi connectivity index (χ4n) is 2.56. The van der Waals surface area contributed by atoms with E-state index < -0.39 is 10.4 Å². The fraction of sp³-hybridized carbons (Fsp3) is 0.211. The van der Waals surface area contributed by atoms with Crippen LogP contribution in [0.15, 0.2) is 65.7 Å². The van der Waals surface area contributed by atoms with E-state index in [0.717, 1.165) is 19.3 Å². The van der Waals surface area contributed by atoms with Gasteiger partial charge in [-0.15, -0.1) is 11.8 Å². The first kappa shape index (κ1) is 21.2. The molecule has 144 valence electrons. The molecular formula is C19H22N2O4S2. The fourth-order valence-corrected chi connectivity index (χ4v) is 3.15. The average Bonchev–Trinajstić information content (AvgIpc) is 2.69. The Kier molecular flexibility index (Phi) is 7.61. The number of thioether (sulfide) groups is 1. The Balaban J connectivity index is 0.000000380. The van der Waals surface area contributed by atoms with Gasteiger partial charge >= 0.3 is 0 Å². The number of pyridine rings is 1. The normalized spacial score (nSPS) is 11.0. The number of nitrogens with zero attached hydrogens (tertiary/aromatic N) is 1. The summed E-state index contributed by atoms with van der Waals surface area (Å²) in [5, 5.41) is 4.84. The second kappa shape index (κ2) is 9.70. The lowest BCUT2D eigenvalue weighted by atomic mass is 10.1. The molecule has 1 N–H and O–H groups in total. The second-order valence-corrected chi connectivity index (χ2v) is 7.44. The molecule has 0 atom stereocenters. The molecule has 1 heterocycles. The summed E-state index contributed by atoms with van der Waals surface area (Å²) in [7, 11) is -3.60. The lowest BCUT2D eigenvalue weighted by Gasteiger charge is -2.13. The number of aromatic nitrogens is 1. The van der Waals surface area contributed by atoms with Gasteiger partial charge in [0.15, 0.2) is 6.20 Å². The first-order valence-electron chi connectivity index (χ1n) is 8.22. The summed E-state index contributed by atoms with van der Waals surface area (Å²) in [5.74, 6) is 0. The lowest BCUT2D eigenvalue weighted by molar-refractivity contribution is -0.669. The third-order valence-electron chi connectivity index (χ3n) is 3.81. The minimum absolute atomic E-state index is 0.808. The van der Waals surface area contributed by atoms with Crippen LogP contribution in [0.4, 0.5) is 11.4 Å². The topological polar surface area (TPSA) is 82.3 Å². The van der Waals surface area contributed by atoms with Crippen molar-refractivity contribution in [1.82, 2.24) is 0 Å². The molecular weight excluding hydrogens is 384 g/mol. The van der Waals surface area contributed by atoms with Gasteiger partial charge in [-0.3, -0.25) is 4.18 Å². The van der Waals surface area contributed by atoms with E-state index in [4.69, 9.17) is 0 Å². The van der Waals surface area contributed by atoms with E-state index in [1.165, 1.54) is 21.5 Å². The van der Waals surface area contributed by atoms with Gasteiger partial charge in [0.2, 0.25) is 15.9 Å². The van der Waals surface area contributed by atoms with E-state index in [1.54, 1.807) is 11.8 Å². The molecule has 0 aliphatic carbocycles. The smallest absolute Gasteiger partial charge is 0.217 e.